The van der Waals surface area contributed by atoms with Gasteiger partial charge in [0.2, 0.25) is 0 Å². The number of nitro groups is 1. The Kier molecular flexibility index (Phi) is 3.64. The van der Waals surface area contributed by atoms with Gasteiger partial charge in [-0.3, -0.25) is 10.1 Å². The zero-order chi connectivity index (χ0) is 12.4. The Labute approximate surface area is 105 Å². The minimum absolute atomic E-state index is 0.0578. The molecule has 0 saturated heterocycles. The van der Waals surface area contributed by atoms with Crippen molar-refractivity contribution < 1.29 is 4.92 Å². The number of benzene rings is 1. The van der Waals surface area contributed by atoms with E-state index >= 15 is 0 Å². The summed E-state index contributed by atoms with van der Waals surface area (Å²) in [4.78, 5) is 10.3. The Morgan fingerprint density at radius 3 is 2.65 bits per heavy atom. The monoisotopic (exact) mass is 254 g/mol. The van der Waals surface area contributed by atoms with E-state index in [9.17, 15) is 10.1 Å². The molecule has 0 heterocycles. The summed E-state index contributed by atoms with van der Waals surface area (Å²) in [5.74, 6) is 0.441. The fourth-order valence-electron chi connectivity index (χ4n) is 2.47. The molecule has 1 atom stereocenters. The van der Waals surface area contributed by atoms with Crippen LogP contribution in [0.15, 0.2) is 18.2 Å². The highest BCUT2D eigenvalue weighted by Gasteiger charge is 2.25. The van der Waals surface area contributed by atoms with Crippen LogP contribution in [0.1, 0.15) is 37.3 Å². The van der Waals surface area contributed by atoms with Gasteiger partial charge in [0.05, 0.1) is 4.92 Å². The van der Waals surface area contributed by atoms with E-state index in [4.69, 9.17) is 17.3 Å². The molecule has 0 radical (unpaired) electrons. The second-order valence-corrected chi connectivity index (χ2v) is 4.95. The van der Waals surface area contributed by atoms with Gasteiger partial charge in [-0.05, 0) is 30.4 Å². The predicted molar refractivity (Wildman–Crippen MR) is 67.0 cm³/mol. The molecule has 1 aliphatic rings. The molecule has 1 saturated carbocycles. The second-order valence-electron chi connectivity index (χ2n) is 4.54. The van der Waals surface area contributed by atoms with Crippen LogP contribution in [0.5, 0.6) is 0 Å². The van der Waals surface area contributed by atoms with E-state index in [1.165, 1.54) is 18.9 Å². The first-order chi connectivity index (χ1) is 8.09. The van der Waals surface area contributed by atoms with Gasteiger partial charge < -0.3 is 5.73 Å². The van der Waals surface area contributed by atoms with Gasteiger partial charge in [0.25, 0.3) is 5.69 Å². The van der Waals surface area contributed by atoms with Crippen molar-refractivity contribution in [2.75, 3.05) is 0 Å². The standard InChI is InChI=1S/C12H15ClN2O2/c13-10-6-5-9(7-11(10)15(16)17)12(14)8-3-1-2-4-8/h5-8,12H,1-4,14H2/t12-/m1/s1. The van der Waals surface area contributed by atoms with E-state index < -0.39 is 4.92 Å². The Morgan fingerprint density at radius 1 is 1.41 bits per heavy atom. The molecular weight excluding hydrogens is 240 g/mol. The maximum absolute atomic E-state index is 10.8. The van der Waals surface area contributed by atoms with Crippen LogP contribution in [-0.4, -0.2) is 4.92 Å². The van der Waals surface area contributed by atoms with Gasteiger partial charge in [-0.15, -0.1) is 0 Å². The summed E-state index contributed by atoms with van der Waals surface area (Å²) in [7, 11) is 0. The summed E-state index contributed by atoms with van der Waals surface area (Å²) in [6.45, 7) is 0. The molecule has 0 aromatic heterocycles. The maximum atomic E-state index is 10.8. The van der Waals surface area contributed by atoms with Crippen molar-refractivity contribution in [1.82, 2.24) is 0 Å². The minimum Gasteiger partial charge on any atom is -0.324 e. The highest BCUT2D eigenvalue weighted by molar-refractivity contribution is 6.32. The van der Waals surface area contributed by atoms with Crippen molar-refractivity contribution in [3.05, 3.63) is 38.9 Å². The van der Waals surface area contributed by atoms with Gasteiger partial charge in [0, 0.05) is 12.1 Å². The summed E-state index contributed by atoms with van der Waals surface area (Å²) in [5.41, 5.74) is 6.91. The number of hydrogen-bond donors (Lipinski definition) is 1. The van der Waals surface area contributed by atoms with Crippen molar-refractivity contribution in [3.8, 4) is 0 Å². The minimum atomic E-state index is -0.465. The topological polar surface area (TPSA) is 69.2 Å². The normalized spacial score (nSPS) is 18.2. The van der Waals surface area contributed by atoms with Gasteiger partial charge in [0.1, 0.15) is 5.02 Å². The van der Waals surface area contributed by atoms with Crippen LogP contribution in [0.25, 0.3) is 0 Å². The van der Waals surface area contributed by atoms with Gasteiger partial charge in [-0.25, -0.2) is 0 Å². The van der Waals surface area contributed by atoms with Gasteiger partial charge in [-0.1, -0.05) is 30.5 Å². The smallest absolute Gasteiger partial charge is 0.288 e. The Morgan fingerprint density at radius 2 is 2.06 bits per heavy atom. The Balaban J connectivity index is 2.26. The highest BCUT2D eigenvalue weighted by Crippen LogP contribution is 2.36. The first kappa shape index (κ1) is 12.3. The van der Waals surface area contributed by atoms with Gasteiger partial charge in [-0.2, -0.15) is 0 Å². The molecule has 4 nitrogen and oxygen atoms in total. The molecule has 1 aromatic rings. The van der Waals surface area contributed by atoms with Crippen LogP contribution in [0, 0.1) is 16.0 Å². The van der Waals surface area contributed by atoms with E-state index in [1.807, 2.05) is 0 Å². The lowest BCUT2D eigenvalue weighted by Gasteiger charge is -2.19. The summed E-state index contributed by atoms with van der Waals surface area (Å²) >= 11 is 5.77. The molecule has 17 heavy (non-hydrogen) atoms. The molecule has 0 spiro atoms. The van der Waals surface area contributed by atoms with E-state index in [2.05, 4.69) is 0 Å². The SMILES string of the molecule is N[C@@H](c1ccc(Cl)c([N+](=O)[O-])c1)C1CCCC1. The molecule has 92 valence electrons. The van der Waals surface area contributed by atoms with Crippen molar-refractivity contribution in [1.29, 1.82) is 0 Å². The molecule has 0 amide bonds. The number of nitro benzene ring substituents is 1. The molecule has 1 aliphatic carbocycles. The van der Waals surface area contributed by atoms with Gasteiger partial charge >= 0.3 is 0 Å². The largest absolute Gasteiger partial charge is 0.324 e. The van der Waals surface area contributed by atoms with Crippen molar-refractivity contribution in [2.45, 2.75) is 31.7 Å². The zero-order valence-electron chi connectivity index (χ0n) is 9.43. The Bertz CT molecular complexity index is 431. The summed E-state index contributed by atoms with van der Waals surface area (Å²) < 4.78 is 0. The average Bonchev–Trinajstić information content (AvgIpc) is 2.81. The number of hydrogen-bond acceptors (Lipinski definition) is 3. The maximum Gasteiger partial charge on any atom is 0.288 e. The van der Waals surface area contributed by atoms with Crippen LogP contribution in [0.3, 0.4) is 0 Å². The van der Waals surface area contributed by atoms with E-state index in [-0.39, 0.29) is 16.8 Å². The van der Waals surface area contributed by atoms with Crippen molar-refractivity contribution >= 4 is 17.3 Å². The van der Waals surface area contributed by atoms with E-state index in [0.29, 0.717) is 5.92 Å². The molecule has 2 rings (SSSR count). The van der Waals surface area contributed by atoms with Crippen LogP contribution >= 0.6 is 11.6 Å². The lowest BCUT2D eigenvalue weighted by atomic mass is 9.92. The Hall–Kier alpha value is -1.13. The first-order valence-corrected chi connectivity index (χ1v) is 6.17. The third-order valence-corrected chi connectivity index (χ3v) is 3.78. The summed E-state index contributed by atoms with van der Waals surface area (Å²) in [6, 6.07) is 4.74. The molecule has 5 heteroatoms. The molecule has 0 bridgehead atoms. The number of nitrogens with two attached hydrogens (primary N) is 1. The van der Waals surface area contributed by atoms with Crippen LogP contribution in [-0.2, 0) is 0 Å². The molecule has 2 N–H and O–H groups in total. The van der Waals surface area contributed by atoms with Crippen molar-refractivity contribution in [3.63, 3.8) is 0 Å². The first-order valence-electron chi connectivity index (χ1n) is 5.79. The summed E-state index contributed by atoms with van der Waals surface area (Å²) in [5, 5.41) is 11.0. The zero-order valence-corrected chi connectivity index (χ0v) is 10.2. The average molecular weight is 255 g/mol. The number of halogens is 1. The molecule has 1 fully saturated rings. The lowest BCUT2D eigenvalue weighted by Crippen LogP contribution is -2.19. The van der Waals surface area contributed by atoms with Crippen LogP contribution in [0.2, 0.25) is 5.02 Å². The molecular formula is C12H15ClN2O2. The van der Waals surface area contributed by atoms with Crippen LogP contribution < -0.4 is 5.73 Å². The lowest BCUT2D eigenvalue weighted by molar-refractivity contribution is -0.384. The fraction of sp³-hybridized carbons (Fsp3) is 0.500. The number of nitrogens with zero attached hydrogens (tertiary/aromatic N) is 1. The highest BCUT2D eigenvalue weighted by atomic mass is 35.5. The fourth-order valence-corrected chi connectivity index (χ4v) is 2.65. The van der Waals surface area contributed by atoms with Gasteiger partial charge in [0.15, 0.2) is 0 Å². The summed E-state index contributed by atoms with van der Waals surface area (Å²) in [6.07, 6.45) is 4.62. The number of rotatable bonds is 3. The van der Waals surface area contributed by atoms with Crippen LogP contribution in [0.4, 0.5) is 5.69 Å². The molecule has 0 unspecified atom stereocenters. The third-order valence-electron chi connectivity index (χ3n) is 3.46. The quantitative estimate of drug-likeness (QED) is 0.664. The van der Waals surface area contributed by atoms with E-state index in [1.54, 1.807) is 12.1 Å². The third kappa shape index (κ3) is 2.58. The molecule has 0 aliphatic heterocycles. The van der Waals surface area contributed by atoms with E-state index in [0.717, 1.165) is 18.4 Å². The van der Waals surface area contributed by atoms with Crippen molar-refractivity contribution in [2.24, 2.45) is 11.7 Å². The molecule has 1 aromatic carbocycles. The predicted octanol–water partition coefficient (Wildman–Crippen LogP) is 3.44. The second kappa shape index (κ2) is 5.02.